The van der Waals surface area contributed by atoms with E-state index in [0.717, 1.165) is 11.3 Å². The zero-order valence-corrected chi connectivity index (χ0v) is 15.8. The minimum Gasteiger partial charge on any atom is -0.484 e. The molecule has 0 saturated carbocycles. The van der Waals surface area contributed by atoms with Crippen molar-refractivity contribution >= 4 is 5.91 Å². The van der Waals surface area contributed by atoms with E-state index in [1.807, 2.05) is 20.9 Å². The molecular formula is C19H20N4O5. The van der Waals surface area contributed by atoms with Crippen LogP contribution < -0.4 is 19.5 Å². The molecule has 3 heterocycles. The van der Waals surface area contributed by atoms with Gasteiger partial charge in [0.1, 0.15) is 12.0 Å². The molecule has 0 saturated heterocycles. The Morgan fingerprint density at radius 1 is 1.36 bits per heavy atom. The van der Waals surface area contributed by atoms with Crippen LogP contribution in [0.25, 0.3) is 0 Å². The first-order valence-corrected chi connectivity index (χ1v) is 8.77. The van der Waals surface area contributed by atoms with Crippen LogP contribution in [-0.4, -0.2) is 27.5 Å². The van der Waals surface area contributed by atoms with Gasteiger partial charge in [-0.1, -0.05) is 0 Å². The Bertz CT molecular complexity index is 1010. The number of nitrogens with one attached hydrogen (secondary N) is 1. The lowest BCUT2D eigenvalue weighted by Crippen LogP contribution is -2.27. The third kappa shape index (κ3) is 3.51. The molecule has 1 aliphatic heterocycles. The van der Waals surface area contributed by atoms with Gasteiger partial charge in [0.25, 0.3) is 5.91 Å². The minimum absolute atomic E-state index is 0.0875. The summed E-state index contributed by atoms with van der Waals surface area (Å²) in [7, 11) is 1.86. The van der Waals surface area contributed by atoms with Crippen molar-refractivity contribution in [2.45, 2.75) is 26.5 Å². The van der Waals surface area contributed by atoms with Gasteiger partial charge in [-0.3, -0.25) is 9.48 Å². The van der Waals surface area contributed by atoms with Gasteiger partial charge in [0.05, 0.1) is 12.2 Å². The normalized spacial score (nSPS) is 13.4. The highest BCUT2D eigenvalue weighted by Gasteiger charge is 2.19. The van der Waals surface area contributed by atoms with Gasteiger partial charge in [-0.05, 0) is 26.0 Å². The molecule has 4 rings (SSSR count). The van der Waals surface area contributed by atoms with Gasteiger partial charge in [0.15, 0.2) is 23.8 Å². The van der Waals surface area contributed by atoms with Gasteiger partial charge < -0.3 is 23.9 Å². The van der Waals surface area contributed by atoms with Crippen LogP contribution in [0.15, 0.2) is 35.1 Å². The van der Waals surface area contributed by atoms with Crippen LogP contribution >= 0.6 is 0 Å². The number of rotatable bonds is 6. The highest BCUT2D eigenvalue weighted by atomic mass is 16.7. The molecule has 1 amide bonds. The number of carbonyl (C=O) groups is 1. The molecule has 0 bridgehead atoms. The summed E-state index contributed by atoms with van der Waals surface area (Å²) in [6.07, 6.45) is 3.06. The van der Waals surface area contributed by atoms with E-state index >= 15 is 0 Å². The van der Waals surface area contributed by atoms with Crippen molar-refractivity contribution in [1.29, 1.82) is 0 Å². The number of nitrogens with zero attached hydrogens (tertiary/aromatic N) is 3. The number of benzene rings is 1. The summed E-state index contributed by atoms with van der Waals surface area (Å²) in [4.78, 5) is 16.6. The lowest BCUT2D eigenvalue weighted by atomic mass is 10.1. The van der Waals surface area contributed by atoms with E-state index in [0.29, 0.717) is 23.1 Å². The number of carbonyl (C=O) groups excluding carboxylic acids is 1. The van der Waals surface area contributed by atoms with E-state index in [9.17, 15) is 4.79 Å². The van der Waals surface area contributed by atoms with Crippen molar-refractivity contribution in [3.05, 3.63) is 53.5 Å². The quantitative estimate of drug-likeness (QED) is 0.697. The van der Waals surface area contributed by atoms with Crippen LogP contribution in [0, 0.1) is 6.92 Å². The molecule has 1 N–H and O–H groups in total. The summed E-state index contributed by atoms with van der Waals surface area (Å²) in [6, 6.07) is 5.07. The van der Waals surface area contributed by atoms with E-state index in [2.05, 4.69) is 15.4 Å². The number of oxazole rings is 1. The molecule has 3 aromatic rings. The van der Waals surface area contributed by atoms with E-state index in [4.69, 9.17) is 18.6 Å². The van der Waals surface area contributed by atoms with E-state index in [1.165, 1.54) is 6.26 Å². The fourth-order valence-corrected chi connectivity index (χ4v) is 2.88. The first-order chi connectivity index (χ1) is 13.5. The van der Waals surface area contributed by atoms with Crippen molar-refractivity contribution in [3.63, 3.8) is 0 Å². The largest absolute Gasteiger partial charge is 0.484 e. The lowest BCUT2D eigenvalue weighted by Gasteiger charge is -2.12. The number of ether oxygens (including phenoxy) is 3. The third-order valence-corrected chi connectivity index (χ3v) is 4.58. The Morgan fingerprint density at radius 3 is 2.96 bits per heavy atom. The van der Waals surface area contributed by atoms with Crippen molar-refractivity contribution in [2.75, 3.05) is 6.79 Å². The standard InChI is InChI=1S/C19H20N4O5/c1-11(14-7-20-23(3)12(14)2)21-19(24)15-8-26-18(22-15)9-25-13-4-5-16-17(6-13)28-10-27-16/h4-8,11H,9-10H2,1-3H3,(H,21,24)/t11-/m1/s1. The molecule has 0 spiro atoms. The van der Waals surface area contributed by atoms with Crippen LogP contribution in [0.3, 0.4) is 0 Å². The van der Waals surface area contributed by atoms with Gasteiger partial charge >= 0.3 is 0 Å². The zero-order chi connectivity index (χ0) is 19.7. The SMILES string of the molecule is Cc1c([C@@H](C)NC(=O)c2coc(COc3ccc4c(c3)OCO4)n2)cnn1C. The highest BCUT2D eigenvalue weighted by molar-refractivity contribution is 5.92. The Balaban J connectivity index is 1.36. The summed E-state index contributed by atoms with van der Waals surface area (Å²) in [6.45, 7) is 4.14. The minimum atomic E-state index is -0.325. The molecule has 0 fully saturated rings. The van der Waals surface area contributed by atoms with Crippen molar-refractivity contribution in [3.8, 4) is 17.2 Å². The van der Waals surface area contributed by atoms with Crippen molar-refractivity contribution < 1.29 is 23.4 Å². The Morgan fingerprint density at radius 2 is 2.18 bits per heavy atom. The average Bonchev–Trinajstić information content (AvgIpc) is 3.40. The molecule has 28 heavy (non-hydrogen) atoms. The van der Waals surface area contributed by atoms with E-state index in [-0.39, 0.29) is 31.0 Å². The van der Waals surface area contributed by atoms with Gasteiger partial charge in [0.2, 0.25) is 12.7 Å². The molecule has 0 aliphatic carbocycles. The number of hydrogen-bond acceptors (Lipinski definition) is 7. The second-order valence-electron chi connectivity index (χ2n) is 6.43. The van der Waals surface area contributed by atoms with Crippen LogP contribution in [0.1, 0.15) is 40.6 Å². The van der Waals surface area contributed by atoms with Gasteiger partial charge in [-0.2, -0.15) is 5.10 Å². The Labute approximate surface area is 161 Å². The Kier molecular flexibility index (Phi) is 4.64. The first-order valence-electron chi connectivity index (χ1n) is 8.77. The molecule has 2 aromatic heterocycles. The topological polar surface area (TPSA) is 101 Å². The second kappa shape index (κ2) is 7.26. The number of fused-ring (bicyclic) bond motifs is 1. The molecule has 0 unspecified atom stereocenters. The fourth-order valence-electron chi connectivity index (χ4n) is 2.88. The fraction of sp³-hybridized carbons (Fsp3) is 0.316. The van der Waals surface area contributed by atoms with Crippen LogP contribution in [0.5, 0.6) is 17.2 Å². The third-order valence-electron chi connectivity index (χ3n) is 4.58. The molecular weight excluding hydrogens is 364 g/mol. The van der Waals surface area contributed by atoms with E-state index < -0.39 is 0 Å². The van der Waals surface area contributed by atoms with Gasteiger partial charge in [0, 0.05) is 24.4 Å². The summed E-state index contributed by atoms with van der Waals surface area (Å²) >= 11 is 0. The molecule has 0 radical (unpaired) electrons. The maximum absolute atomic E-state index is 12.4. The van der Waals surface area contributed by atoms with Crippen molar-refractivity contribution in [1.82, 2.24) is 20.1 Å². The number of aromatic nitrogens is 3. The Hall–Kier alpha value is -3.49. The van der Waals surface area contributed by atoms with Gasteiger partial charge in [-0.25, -0.2) is 4.98 Å². The molecule has 1 aromatic carbocycles. The predicted molar refractivity (Wildman–Crippen MR) is 97.2 cm³/mol. The van der Waals surface area contributed by atoms with Gasteiger partial charge in [-0.15, -0.1) is 0 Å². The highest BCUT2D eigenvalue weighted by Crippen LogP contribution is 2.35. The zero-order valence-electron chi connectivity index (χ0n) is 15.8. The average molecular weight is 384 g/mol. The number of hydrogen-bond donors (Lipinski definition) is 1. The predicted octanol–water partition coefficient (Wildman–Crippen LogP) is 2.52. The molecule has 146 valence electrons. The summed E-state index contributed by atoms with van der Waals surface area (Å²) in [5.74, 6) is 1.88. The molecule has 9 heteroatoms. The lowest BCUT2D eigenvalue weighted by molar-refractivity contribution is 0.0934. The van der Waals surface area contributed by atoms with Crippen LogP contribution in [-0.2, 0) is 13.7 Å². The first kappa shape index (κ1) is 17.9. The van der Waals surface area contributed by atoms with Crippen LogP contribution in [0.2, 0.25) is 0 Å². The maximum Gasteiger partial charge on any atom is 0.273 e. The van der Waals surface area contributed by atoms with E-state index in [1.54, 1.807) is 29.1 Å². The smallest absolute Gasteiger partial charge is 0.273 e. The second-order valence-corrected chi connectivity index (χ2v) is 6.43. The van der Waals surface area contributed by atoms with Crippen LogP contribution in [0.4, 0.5) is 0 Å². The molecule has 1 aliphatic rings. The van der Waals surface area contributed by atoms with Crippen molar-refractivity contribution in [2.24, 2.45) is 7.05 Å². The number of aryl methyl sites for hydroxylation is 1. The summed E-state index contributed by atoms with van der Waals surface area (Å²) in [5.41, 5.74) is 2.13. The monoisotopic (exact) mass is 384 g/mol. The summed E-state index contributed by atoms with van der Waals surface area (Å²) in [5, 5.41) is 7.09. The summed E-state index contributed by atoms with van der Waals surface area (Å²) < 4.78 is 23.3. The molecule has 1 atom stereocenters. The maximum atomic E-state index is 12.4. The number of amides is 1. The molecule has 9 nitrogen and oxygen atoms in total.